The number of aryl methyl sites for hydroxylation is 1. The van der Waals surface area contributed by atoms with Crippen molar-refractivity contribution in [2.24, 2.45) is 0 Å². The van der Waals surface area contributed by atoms with Crippen LogP contribution in [0.25, 0.3) is 17.1 Å². The van der Waals surface area contributed by atoms with Crippen LogP contribution >= 0.6 is 11.8 Å². The van der Waals surface area contributed by atoms with E-state index in [0.29, 0.717) is 28.0 Å². The topological polar surface area (TPSA) is 86.1 Å². The summed E-state index contributed by atoms with van der Waals surface area (Å²) < 4.78 is 7.33. The molecule has 8 heteroatoms. The fourth-order valence-electron chi connectivity index (χ4n) is 3.53. The number of Topliss-reactive ketones (excluding diaryl/α,β-unsaturated/α-hetero) is 1. The van der Waals surface area contributed by atoms with Gasteiger partial charge in [-0.15, -0.1) is 10.2 Å². The zero-order chi connectivity index (χ0) is 22.8. The number of amides is 1. The number of carbonyl (C=O) groups is 2. The number of rotatable bonds is 6. The standard InChI is InChI=1S/C25H20N4O3S/c1-16-7-10-19(11-8-16)29-24(17-5-3-2-4-6-17)27-28-25(29)33-15-21(30)18-9-12-22-20(13-18)26-23(31)14-32-22/h2-13H,14-15H2,1H3,(H,26,31). The van der Waals surface area contributed by atoms with Gasteiger partial charge in [0.25, 0.3) is 5.91 Å². The quantitative estimate of drug-likeness (QED) is 0.338. The summed E-state index contributed by atoms with van der Waals surface area (Å²) in [6, 6.07) is 23.0. The second-order valence-corrected chi connectivity index (χ2v) is 8.55. The molecule has 1 N–H and O–H groups in total. The van der Waals surface area contributed by atoms with Crippen LogP contribution in [0, 0.1) is 6.92 Å². The molecule has 7 nitrogen and oxygen atoms in total. The number of nitrogens with zero attached hydrogens (tertiary/aromatic N) is 3. The smallest absolute Gasteiger partial charge is 0.262 e. The molecule has 5 rings (SSSR count). The lowest BCUT2D eigenvalue weighted by molar-refractivity contribution is -0.118. The minimum absolute atomic E-state index is 0.0193. The Morgan fingerprint density at radius 3 is 2.64 bits per heavy atom. The Morgan fingerprint density at radius 2 is 1.85 bits per heavy atom. The van der Waals surface area contributed by atoms with Crippen molar-refractivity contribution < 1.29 is 14.3 Å². The van der Waals surface area contributed by atoms with E-state index >= 15 is 0 Å². The van der Waals surface area contributed by atoms with Crippen LogP contribution in [0.2, 0.25) is 0 Å². The molecule has 4 aromatic rings. The fraction of sp³-hybridized carbons (Fsp3) is 0.120. The molecule has 33 heavy (non-hydrogen) atoms. The van der Waals surface area contributed by atoms with E-state index < -0.39 is 0 Å². The van der Waals surface area contributed by atoms with E-state index in [1.165, 1.54) is 11.8 Å². The predicted molar refractivity (Wildman–Crippen MR) is 127 cm³/mol. The number of ketones is 1. The number of benzene rings is 3. The lowest BCUT2D eigenvalue weighted by atomic mass is 10.1. The molecular formula is C25H20N4O3S. The number of anilines is 1. The Balaban J connectivity index is 1.42. The molecule has 0 fully saturated rings. The summed E-state index contributed by atoms with van der Waals surface area (Å²) in [7, 11) is 0. The van der Waals surface area contributed by atoms with Crippen LogP contribution < -0.4 is 10.1 Å². The third-order valence-corrected chi connectivity index (χ3v) is 6.15. The van der Waals surface area contributed by atoms with Crippen LogP contribution in [-0.4, -0.2) is 38.8 Å². The van der Waals surface area contributed by atoms with Crippen LogP contribution in [0.5, 0.6) is 5.75 Å². The Hall–Kier alpha value is -3.91. The highest BCUT2D eigenvalue weighted by molar-refractivity contribution is 7.99. The van der Waals surface area contributed by atoms with Gasteiger partial charge in [0, 0.05) is 16.8 Å². The van der Waals surface area contributed by atoms with Crippen molar-refractivity contribution in [2.45, 2.75) is 12.1 Å². The van der Waals surface area contributed by atoms with Crippen molar-refractivity contribution in [3.63, 3.8) is 0 Å². The summed E-state index contributed by atoms with van der Waals surface area (Å²) in [6.07, 6.45) is 0. The molecule has 0 saturated heterocycles. The second kappa shape index (κ2) is 8.91. The Kier molecular flexibility index (Phi) is 5.66. The van der Waals surface area contributed by atoms with Crippen LogP contribution in [0.4, 0.5) is 5.69 Å². The molecule has 1 aliphatic heterocycles. The van der Waals surface area contributed by atoms with E-state index in [4.69, 9.17) is 4.74 Å². The van der Waals surface area contributed by atoms with Crippen molar-refractivity contribution in [2.75, 3.05) is 17.7 Å². The number of carbonyl (C=O) groups excluding carboxylic acids is 2. The SMILES string of the molecule is Cc1ccc(-n2c(SCC(=O)c3ccc4c(c3)NC(=O)CO4)nnc2-c2ccccc2)cc1. The summed E-state index contributed by atoms with van der Waals surface area (Å²) >= 11 is 1.32. The lowest BCUT2D eigenvalue weighted by Crippen LogP contribution is -2.25. The first-order valence-electron chi connectivity index (χ1n) is 10.4. The summed E-state index contributed by atoms with van der Waals surface area (Å²) in [5.74, 6) is 1.13. The zero-order valence-corrected chi connectivity index (χ0v) is 18.6. The molecule has 1 aromatic heterocycles. The highest BCUT2D eigenvalue weighted by Crippen LogP contribution is 2.31. The normalized spacial score (nSPS) is 12.6. The van der Waals surface area contributed by atoms with Crippen LogP contribution in [0.3, 0.4) is 0 Å². The number of nitrogens with one attached hydrogen (secondary N) is 1. The number of hydrogen-bond acceptors (Lipinski definition) is 6. The van der Waals surface area contributed by atoms with E-state index in [1.807, 2.05) is 66.1 Å². The monoisotopic (exact) mass is 456 g/mol. The Labute approximate surface area is 194 Å². The van der Waals surface area contributed by atoms with Crippen LogP contribution in [0.1, 0.15) is 15.9 Å². The van der Waals surface area contributed by atoms with Gasteiger partial charge in [0.05, 0.1) is 11.4 Å². The van der Waals surface area contributed by atoms with Crippen molar-refractivity contribution in [1.82, 2.24) is 14.8 Å². The molecule has 0 unspecified atom stereocenters. The second-order valence-electron chi connectivity index (χ2n) is 7.60. The molecule has 0 aliphatic carbocycles. The van der Waals surface area contributed by atoms with Gasteiger partial charge in [0.1, 0.15) is 5.75 Å². The van der Waals surface area contributed by atoms with Crippen molar-refractivity contribution in [3.8, 4) is 22.8 Å². The van der Waals surface area contributed by atoms with Gasteiger partial charge in [-0.1, -0.05) is 59.8 Å². The van der Waals surface area contributed by atoms with Gasteiger partial charge in [-0.3, -0.25) is 14.2 Å². The van der Waals surface area contributed by atoms with E-state index in [1.54, 1.807) is 18.2 Å². The minimum atomic E-state index is -0.235. The van der Waals surface area contributed by atoms with Gasteiger partial charge in [-0.25, -0.2) is 0 Å². The molecule has 1 amide bonds. The van der Waals surface area contributed by atoms with Gasteiger partial charge >= 0.3 is 0 Å². The third kappa shape index (κ3) is 4.38. The maximum absolute atomic E-state index is 12.9. The highest BCUT2D eigenvalue weighted by Gasteiger charge is 2.20. The maximum atomic E-state index is 12.9. The van der Waals surface area contributed by atoms with Gasteiger partial charge in [-0.05, 0) is 37.3 Å². The molecule has 0 spiro atoms. The highest BCUT2D eigenvalue weighted by atomic mass is 32.2. The molecular weight excluding hydrogens is 436 g/mol. The molecule has 3 aromatic carbocycles. The maximum Gasteiger partial charge on any atom is 0.262 e. The first-order valence-corrected chi connectivity index (χ1v) is 11.4. The molecule has 0 atom stereocenters. The van der Waals surface area contributed by atoms with E-state index in [9.17, 15) is 9.59 Å². The van der Waals surface area contributed by atoms with Crippen molar-refractivity contribution in [3.05, 3.63) is 83.9 Å². The van der Waals surface area contributed by atoms with E-state index in [-0.39, 0.29) is 24.1 Å². The number of fused-ring (bicyclic) bond motifs is 1. The number of aromatic nitrogens is 3. The fourth-order valence-corrected chi connectivity index (χ4v) is 4.38. The number of ether oxygens (including phenoxy) is 1. The van der Waals surface area contributed by atoms with Gasteiger partial charge in [-0.2, -0.15) is 0 Å². The largest absolute Gasteiger partial charge is 0.482 e. The van der Waals surface area contributed by atoms with Crippen LogP contribution in [0.15, 0.2) is 78.0 Å². The minimum Gasteiger partial charge on any atom is -0.482 e. The Bertz CT molecular complexity index is 1330. The van der Waals surface area contributed by atoms with Gasteiger partial charge < -0.3 is 10.1 Å². The molecule has 0 saturated carbocycles. The summed E-state index contributed by atoms with van der Waals surface area (Å²) in [5.41, 5.74) is 4.02. The first-order chi connectivity index (χ1) is 16.1. The van der Waals surface area contributed by atoms with Gasteiger partial charge in [0.15, 0.2) is 23.4 Å². The number of thioether (sulfide) groups is 1. The first kappa shape index (κ1) is 21.0. The average molecular weight is 457 g/mol. The van der Waals surface area contributed by atoms with Crippen molar-refractivity contribution >= 4 is 29.1 Å². The van der Waals surface area contributed by atoms with Gasteiger partial charge in [0.2, 0.25) is 0 Å². The van der Waals surface area contributed by atoms with E-state index in [2.05, 4.69) is 15.5 Å². The summed E-state index contributed by atoms with van der Waals surface area (Å²) in [4.78, 5) is 24.5. The molecule has 0 radical (unpaired) electrons. The lowest BCUT2D eigenvalue weighted by Gasteiger charge is -2.18. The third-order valence-electron chi connectivity index (χ3n) is 5.22. The number of hydrogen-bond donors (Lipinski definition) is 1. The molecule has 0 bridgehead atoms. The zero-order valence-electron chi connectivity index (χ0n) is 17.8. The van der Waals surface area contributed by atoms with E-state index in [0.717, 1.165) is 16.8 Å². The molecule has 1 aliphatic rings. The predicted octanol–water partition coefficient (Wildman–Crippen LogP) is 4.55. The summed E-state index contributed by atoms with van der Waals surface area (Å²) in [5, 5.41) is 12.2. The average Bonchev–Trinajstić information content (AvgIpc) is 3.27. The molecule has 2 heterocycles. The Morgan fingerprint density at radius 1 is 1.06 bits per heavy atom. The van der Waals surface area contributed by atoms with Crippen LogP contribution in [-0.2, 0) is 4.79 Å². The van der Waals surface area contributed by atoms with Crippen molar-refractivity contribution in [1.29, 1.82) is 0 Å². The summed E-state index contributed by atoms with van der Waals surface area (Å²) in [6.45, 7) is 2.02. The molecule has 164 valence electrons.